The maximum Gasteiger partial charge on any atom is 0.193 e. The minimum atomic E-state index is -0.739. The zero-order valence-electron chi connectivity index (χ0n) is 13.8. The Bertz CT molecular complexity index is 719. The molecule has 24 heavy (non-hydrogen) atoms. The van der Waals surface area contributed by atoms with Gasteiger partial charge in [-0.05, 0) is 65.2 Å². The summed E-state index contributed by atoms with van der Waals surface area (Å²) >= 11 is 3.39. The van der Waals surface area contributed by atoms with Gasteiger partial charge in [-0.25, -0.2) is 0 Å². The second-order valence-electron chi connectivity index (χ2n) is 5.55. The van der Waals surface area contributed by atoms with E-state index in [4.69, 9.17) is 10.5 Å². The second kappa shape index (κ2) is 8.70. The molecule has 1 unspecified atom stereocenters. The number of para-hydroxylation sites is 1. The molecule has 0 aliphatic carbocycles. The van der Waals surface area contributed by atoms with Gasteiger partial charge in [0.2, 0.25) is 0 Å². The molecule has 0 aromatic heterocycles. The van der Waals surface area contributed by atoms with Crippen LogP contribution in [0, 0.1) is 13.8 Å². The van der Waals surface area contributed by atoms with E-state index in [1.807, 2.05) is 49.4 Å². The maximum absolute atomic E-state index is 9.97. The van der Waals surface area contributed by atoms with E-state index in [9.17, 15) is 5.11 Å². The van der Waals surface area contributed by atoms with Gasteiger partial charge in [-0.1, -0.05) is 18.2 Å². The van der Waals surface area contributed by atoms with Crippen LogP contribution in [0.5, 0.6) is 5.75 Å². The number of aliphatic hydroxyl groups is 1. The summed E-state index contributed by atoms with van der Waals surface area (Å²) in [5, 5.41) is 13.0. The summed E-state index contributed by atoms with van der Waals surface area (Å²) in [7, 11) is 0. The first-order valence-corrected chi connectivity index (χ1v) is 8.44. The number of nitrogens with two attached hydrogens (primary N) is 1. The largest absolute Gasteiger partial charge is 0.490 e. The minimum Gasteiger partial charge on any atom is -0.490 e. The number of benzene rings is 2. The molecule has 0 spiro atoms. The minimum absolute atomic E-state index is 0.142. The van der Waals surface area contributed by atoms with E-state index < -0.39 is 6.10 Å². The van der Waals surface area contributed by atoms with Crippen molar-refractivity contribution in [1.29, 1.82) is 0 Å². The van der Waals surface area contributed by atoms with Crippen molar-refractivity contribution in [3.05, 3.63) is 58.1 Å². The predicted molar refractivity (Wildman–Crippen MR) is 102 cm³/mol. The Morgan fingerprint density at radius 1 is 1.25 bits per heavy atom. The van der Waals surface area contributed by atoms with Crippen molar-refractivity contribution in [2.75, 3.05) is 18.5 Å². The maximum atomic E-state index is 9.97. The molecule has 0 heterocycles. The Labute approximate surface area is 150 Å². The second-order valence-corrected chi connectivity index (χ2v) is 6.40. The van der Waals surface area contributed by atoms with E-state index in [1.165, 1.54) is 11.1 Å². The van der Waals surface area contributed by atoms with Gasteiger partial charge in [-0.15, -0.1) is 0 Å². The predicted octanol–water partition coefficient (Wildman–Crippen LogP) is 3.23. The molecule has 0 bridgehead atoms. The van der Waals surface area contributed by atoms with Crippen LogP contribution in [0.15, 0.2) is 51.9 Å². The molecule has 0 saturated heterocycles. The van der Waals surface area contributed by atoms with E-state index in [0.29, 0.717) is 5.75 Å². The Balaban J connectivity index is 1.83. The van der Waals surface area contributed by atoms with Crippen molar-refractivity contribution in [2.45, 2.75) is 20.0 Å². The number of nitrogens with one attached hydrogen (secondary N) is 1. The highest BCUT2D eigenvalue weighted by atomic mass is 79.9. The third-order valence-electron chi connectivity index (χ3n) is 3.52. The van der Waals surface area contributed by atoms with Gasteiger partial charge in [0, 0.05) is 5.69 Å². The molecule has 2 rings (SSSR count). The van der Waals surface area contributed by atoms with Gasteiger partial charge in [0.05, 0.1) is 11.0 Å². The van der Waals surface area contributed by atoms with Crippen LogP contribution in [0.1, 0.15) is 11.1 Å². The number of guanidine groups is 1. The highest BCUT2D eigenvalue weighted by molar-refractivity contribution is 9.10. The lowest BCUT2D eigenvalue weighted by molar-refractivity contribution is 0.114. The molecular weight excluding hydrogens is 370 g/mol. The van der Waals surface area contributed by atoms with Crippen LogP contribution < -0.4 is 15.8 Å². The summed E-state index contributed by atoms with van der Waals surface area (Å²) < 4.78 is 6.39. The number of nitrogens with zero attached hydrogens (tertiary/aromatic N) is 1. The molecule has 128 valence electrons. The molecule has 0 aliphatic rings. The van der Waals surface area contributed by atoms with Crippen molar-refractivity contribution >= 4 is 27.6 Å². The van der Waals surface area contributed by atoms with E-state index in [2.05, 4.69) is 33.2 Å². The normalized spacial score (nSPS) is 12.8. The number of hydrogen-bond donors (Lipinski definition) is 3. The van der Waals surface area contributed by atoms with Crippen LogP contribution >= 0.6 is 15.9 Å². The van der Waals surface area contributed by atoms with Crippen molar-refractivity contribution in [3.8, 4) is 5.75 Å². The van der Waals surface area contributed by atoms with Gasteiger partial charge in [0.15, 0.2) is 5.96 Å². The SMILES string of the molecule is Cc1ccc(NC(N)=NCC(O)COc2ccccc2Br)cc1C. The van der Waals surface area contributed by atoms with Crippen molar-refractivity contribution in [2.24, 2.45) is 10.7 Å². The average Bonchev–Trinajstić information content (AvgIpc) is 2.55. The fourth-order valence-electron chi connectivity index (χ4n) is 2.01. The zero-order chi connectivity index (χ0) is 17.5. The van der Waals surface area contributed by atoms with E-state index in [-0.39, 0.29) is 19.1 Å². The average molecular weight is 392 g/mol. The third kappa shape index (κ3) is 5.54. The first kappa shape index (κ1) is 18.3. The lowest BCUT2D eigenvalue weighted by Gasteiger charge is -2.12. The Hall–Kier alpha value is -2.05. The summed E-state index contributed by atoms with van der Waals surface area (Å²) in [6.45, 7) is 4.39. The smallest absolute Gasteiger partial charge is 0.193 e. The third-order valence-corrected chi connectivity index (χ3v) is 4.17. The van der Waals surface area contributed by atoms with Crippen LogP contribution in [-0.4, -0.2) is 30.3 Å². The van der Waals surface area contributed by atoms with Crippen LogP contribution in [0.4, 0.5) is 5.69 Å². The molecule has 1 atom stereocenters. The van der Waals surface area contributed by atoms with Gasteiger partial charge in [0.25, 0.3) is 0 Å². The van der Waals surface area contributed by atoms with Gasteiger partial charge in [-0.2, -0.15) is 0 Å². The lowest BCUT2D eigenvalue weighted by atomic mass is 10.1. The molecule has 0 saturated carbocycles. The fraction of sp³-hybridized carbons (Fsp3) is 0.278. The number of halogens is 1. The van der Waals surface area contributed by atoms with Crippen LogP contribution in [0.25, 0.3) is 0 Å². The molecule has 6 heteroatoms. The van der Waals surface area contributed by atoms with Gasteiger partial charge in [-0.3, -0.25) is 4.99 Å². The number of rotatable bonds is 6. The first-order valence-electron chi connectivity index (χ1n) is 7.65. The standard InChI is InChI=1S/C18H22BrN3O2/c1-12-7-8-14(9-13(12)2)22-18(20)21-10-15(23)11-24-17-6-4-3-5-16(17)19/h3-9,15,23H,10-11H2,1-2H3,(H3,20,21,22). The highest BCUT2D eigenvalue weighted by Crippen LogP contribution is 2.23. The van der Waals surface area contributed by atoms with Crippen LogP contribution in [0.3, 0.4) is 0 Å². The summed E-state index contributed by atoms with van der Waals surface area (Å²) in [6.07, 6.45) is -0.739. The van der Waals surface area contributed by atoms with Gasteiger partial charge < -0.3 is 20.9 Å². The van der Waals surface area contributed by atoms with E-state index in [1.54, 1.807) is 0 Å². The molecule has 5 nitrogen and oxygen atoms in total. The zero-order valence-corrected chi connectivity index (χ0v) is 15.4. The van der Waals surface area contributed by atoms with E-state index in [0.717, 1.165) is 10.2 Å². The number of aliphatic hydroxyl groups excluding tert-OH is 1. The quantitative estimate of drug-likeness (QED) is 0.521. The van der Waals surface area contributed by atoms with E-state index >= 15 is 0 Å². The molecule has 2 aromatic carbocycles. The number of hydrogen-bond acceptors (Lipinski definition) is 3. The van der Waals surface area contributed by atoms with Crippen molar-refractivity contribution in [1.82, 2.24) is 0 Å². The van der Waals surface area contributed by atoms with Gasteiger partial charge in [0.1, 0.15) is 18.5 Å². The molecule has 4 N–H and O–H groups in total. The topological polar surface area (TPSA) is 79.9 Å². The van der Waals surface area contributed by atoms with Crippen molar-refractivity contribution in [3.63, 3.8) is 0 Å². The van der Waals surface area contributed by atoms with Crippen LogP contribution in [0.2, 0.25) is 0 Å². The highest BCUT2D eigenvalue weighted by Gasteiger charge is 2.07. The summed E-state index contributed by atoms with van der Waals surface area (Å²) in [5.74, 6) is 0.944. The molecule has 0 amide bonds. The molecule has 0 fully saturated rings. The lowest BCUT2D eigenvalue weighted by Crippen LogP contribution is -2.27. The molecule has 0 radical (unpaired) electrons. The first-order chi connectivity index (χ1) is 11.5. The number of aryl methyl sites for hydroxylation is 2. The van der Waals surface area contributed by atoms with Crippen LogP contribution in [-0.2, 0) is 0 Å². The Kier molecular flexibility index (Phi) is 6.63. The monoisotopic (exact) mass is 391 g/mol. The Morgan fingerprint density at radius 2 is 2.00 bits per heavy atom. The van der Waals surface area contributed by atoms with Gasteiger partial charge >= 0.3 is 0 Å². The number of aliphatic imine (C=N–C) groups is 1. The molecular formula is C18H22BrN3O2. The number of anilines is 1. The summed E-state index contributed by atoms with van der Waals surface area (Å²) in [5.41, 5.74) is 9.12. The molecule has 0 aliphatic heterocycles. The van der Waals surface area contributed by atoms with Crippen molar-refractivity contribution < 1.29 is 9.84 Å². The fourth-order valence-corrected chi connectivity index (χ4v) is 2.41. The summed E-state index contributed by atoms with van der Waals surface area (Å²) in [6, 6.07) is 13.4. The number of ether oxygens (including phenoxy) is 1. The Morgan fingerprint density at radius 3 is 2.71 bits per heavy atom. The molecule has 2 aromatic rings. The summed E-state index contributed by atoms with van der Waals surface area (Å²) in [4.78, 5) is 4.15.